The maximum Gasteiger partial charge on any atom is 0.421 e. The summed E-state index contributed by atoms with van der Waals surface area (Å²) in [4.78, 5) is 14.1. The molecule has 0 N–H and O–H groups in total. The Bertz CT molecular complexity index is 486. The number of nitrogens with zero attached hydrogens (tertiary/aromatic N) is 1. The normalized spacial score (nSPS) is 11.8. The molecule has 106 valence electrons. The minimum Gasteiger partial charge on any atom is -0.461 e. The highest BCUT2D eigenvalue weighted by Crippen LogP contribution is 2.36. The highest BCUT2D eigenvalue weighted by molar-refractivity contribution is 5.89. The molecule has 0 aliphatic carbocycles. The van der Waals surface area contributed by atoms with Crippen LogP contribution < -0.4 is 0 Å². The third kappa shape index (κ3) is 3.15. The summed E-state index contributed by atoms with van der Waals surface area (Å²) in [6.45, 7) is 1.05. The molecule has 1 rings (SSSR count). The number of carbonyl (C=O) groups excluding carboxylic acids is 1. The summed E-state index contributed by atoms with van der Waals surface area (Å²) in [7, 11) is 0. The Morgan fingerprint density at radius 2 is 2.00 bits per heavy atom. The molecule has 19 heavy (non-hydrogen) atoms. The summed E-state index contributed by atoms with van der Waals surface area (Å²) >= 11 is 0. The lowest BCUT2D eigenvalue weighted by Gasteiger charge is -2.14. The highest BCUT2D eigenvalue weighted by atomic mass is 19.4. The number of rotatable bonds is 3. The van der Waals surface area contributed by atoms with Crippen molar-refractivity contribution in [1.82, 2.24) is 4.98 Å². The quantitative estimate of drug-likeness (QED) is 0.632. The predicted octanol–water partition coefficient (Wildman–Crippen LogP) is 3.35. The summed E-state index contributed by atoms with van der Waals surface area (Å²) in [5, 5.41) is 0. The number of carbonyl (C=O) groups is 1. The zero-order valence-electron chi connectivity index (χ0n) is 9.39. The summed E-state index contributed by atoms with van der Waals surface area (Å²) in [5.74, 6) is -3.75. The van der Waals surface area contributed by atoms with Crippen LogP contribution in [0, 0.1) is 5.82 Å². The van der Waals surface area contributed by atoms with Gasteiger partial charge in [-0.1, -0.05) is 0 Å². The zero-order valence-corrected chi connectivity index (χ0v) is 9.39. The molecule has 0 aliphatic heterocycles. The fraction of sp³-hybridized carbons (Fsp3) is 0.400. The Kier molecular flexibility index (Phi) is 4.38. The second-order valence-corrected chi connectivity index (χ2v) is 3.27. The maximum absolute atomic E-state index is 13.4. The van der Waals surface area contributed by atoms with Gasteiger partial charge in [0.25, 0.3) is 6.43 Å². The highest BCUT2D eigenvalue weighted by Gasteiger charge is 2.42. The van der Waals surface area contributed by atoms with Crippen molar-refractivity contribution in [2.24, 2.45) is 0 Å². The average molecular weight is 287 g/mol. The SMILES string of the molecule is CCOC(=O)c1ncc(C(F)F)c(F)c1C(F)(F)F. The molecule has 0 unspecified atom stereocenters. The van der Waals surface area contributed by atoms with Crippen LogP contribution in [0.25, 0.3) is 0 Å². The second kappa shape index (κ2) is 5.45. The van der Waals surface area contributed by atoms with Gasteiger partial charge in [-0.15, -0.1) is 0 Å². The number of halogens is 6. The van der Waals surface area contributed by atoms with E-state index in [1.54, 1.807) is 0 Å². The number of hydrogen-bond acceptors (Lipinski definition) is 3. The van der Waals surface area contributed by atoms with Crippen LogP contribution >= 0.6 is 0 Å². The van der Waals surface area contributed by atoms with Crippen molar-refractivity contribution >= 4 is 5.97 Å². The van der Waals surface area contributed by atoms with Crippen molar-refractivity contribution in [1.29, 1.82) is 0 Å². The molecule has 0 radical (unpaired) electrons. The van der Waals surface area contributed by atoms with Gasteiger partial charge < -0.3 is 4.74 Å². The molecule has 0 saturated heterocycles. The molecule has 0 spiro atoms. The molecule has 3 nitrogen and oxygen atoms in total. The van der Waals surface area contributed by atoms with E-state index in [4.69, 9.17) is 0 Å². The molecule has 0 amide bonds. The maximum atomic E-state index is 13.4. The van der Waals surface area contributed by atoms with Gasteiger partial charge in [-0.3, -0.25) is 0 Å². The number of ether oxygens (including phenoxy) is 1. The molecule has 1 aromatic rings. The lowest BCUT2D eigenvalue weighted by atomic mass is 10.1. The van der Waals surface area contributed by atoms with E-state index in [0.29, 0.717) is 0 Å². The summed E-state index contributed by atoms with van der Waals surface area (Å²) in [6.07, 6.45) is -8.64. The average Bonchev–Trinajstić information content (AvgIpc) is 2.26. The van der Waals surface area contributed by atoms with Crippen molar-refractivity contribution < 1.29 is 35.9 Å². The Morgan fingerprint density at radius 3 is 2.42 bits per heavy atom. The first kappa shape index (κ1) is 15.3. The first-order chi connectivity index (χ1) is 8.70. The molecule has 0 fully saturated rings. The number of pyridine rings is 1. The molecule has 1 heterocycles. The smallest absolute Gasteiger partial charge is 0.421 e. The van der Waals surface area contributed by atoms with Crippen molar-refractivity contribution in [3.05, 3.63) is 28.8 Å². The van der Waals surface area contributed by atoms with E-state index in [-0.39, 0.29) is 12.8 Å². The second-order valence-electron chi connectivity index (χ2n) is 3.27. The molecule has 1 aromatic heterocycles. The molecule has 0 bridgehead atoms. The lowest BCUT2D eigenvalue weighted by Crippen LogP contribution is -2.20. The van der Waals surface area contributed by atoms with Crippen LogP contribution in [-0.4, -0.2) is 17.6 Å². The van der Waals surface area contributed by atoms with Crippen LogP contribution in [0.4, 0.5) is 26.3 Å². The Morgan fingerprint density at radius 1 is 1.42 bits per heavy atom. The van der Waals surface area contributed by atoms with E-state index in [1.807, 2.05) is 0 Å². The Hall–Kier alpha value is -1.80. The summed E-state index contributed by atoms with van der Waals surface area (Å²) in [6, 6.07) is 0. The van der Waals surface area contributed by atoms with E-state index in [9.17, 15) is 31.1 Å². The third-order valence-corrected chi connectivity index (χ3v) is 2.03. The topological polar surface area (TPSA) is 39.2 Å². The van der Waals surface area contributed by atoms with E-state index >= 15 is 0 Å². The number of esters is 1. The lowest BCUT2D eigenvalue weighted by molar-refractivity contribution is -0.141. The van der Waals surface area contributed by atoms with Crippen LogP contribution in [0.2, 0.25) is 0 Å². The fourth-order valence-electron chi connectivity index (χ4n) is 1.27. The molecule has 0 aromatic carbocycles. The van der Waals surface area contributed by atoms with Gasteiger partial charge in [0.05, 0.1) is 12.2 Å². The van der Waals surface area contributed by atoms with Crippen LogP contribution in [0.3, 0.4) is 0 Å². The molecular formula is C10H7F6NO2. The number of aromatic nitrogens is 1. The van der Waals surface area contributed by atoms with Crippen LogP contribution in [0.15, 0.2) is 6.20 Å². The van der Waals surface area contributed by atoms with Crippen molar-refractivity contribution in [2.75, 3.05) is 6.61 Å². The van der Waals surface area contributed by atoms with E-state index < -0.39 is 41.2 Å². The number of hydrogen-bond donors (Lipinski definition) is 0. The summed E-state index contributed by atoms with van der Waals surface area (Å²) < 4.78 is 80.2. The van der Waals surface area contributed by atoms with Gasteiger partial charge in [-0.2, -0.15) is 13.2 Å². The zero-order chi connectivity index (χ0) is 14.8. The first-order valence-electron chi connectivity index (χ1n) is 4.91. The molecule has 9 heteroatoms. The predicted molar refractivity (Wildman–Crippen MR) is 50.1 cm³/mol. The van der Waals surface area contributed by atoms with Gasteiger partial charge in [0.1, 0.15) is 11.4 Å². The van der Waals surface area contributed by atoms with Crippen molar-refractivity contribution in [3.63, 3.8) is 0 Å². The van der Waals surface area contributed by atoms with Gasteiger partial charge >= 0.3 is 12.1 Å². The Balaban J connectivity index is 3.49. The van der Waals surface area contributed by atoms with Crippen LogP contribution in [-0.2, 0) is 10.9 Å². The van der Waals surface area contributed by atoms with Crippen molar-refractivity contribution in [3.8, 4) is 0 Å². The minimum absolute atomic E-state index is 0.182. The molecule has 0 saturated carbocycles. The van der Waals surface area contributed by atoms with E-state index in [1.165, 1.54) is 6.92 Å². The van der Waals surface area contributed by atoms with Crippen molar-refractivity contribution in [2.45, 2.75) is 19.5 Å². The molecule has 0 atom stereocenters. The van der Waals surface area contributed by atoms with Gasteiger partial charge in [0.2, 0.25) is 0 Å². The van der Waals surface area contributed by atoms with Gasteiger partial charge in [0, 0.05) is 6.20 Å². The monoisotopic (exact) mass is 287 g/mol. The van der Waals surface area contributed by atoms with Gasteiger partial charge in [-0.25, -0.2) is 22.9 Å². The van der Waals surface area contributed by atoms with Gasteiger partial charge in [-0.05, 0) is 6.92 Å². The largest absolute Gasteiger partial charge is 0.461 e. The molecule has 0 aliphatic rings. The minimum atomic E-state index is -5.34. The van der Waals surface area contributed by atoms with Crippen LogP contribution in [0.5, 0.6) is 0 Å². The third-order valence-electron chi connectivity index (χ3n) is 2.03. The van der Waals surface area contributed by atoms with E-state index in [0.717, 1.165) is 0 Å². The van der Waals surface area contributed by atoms with Crippen LogP contribution in [0.1, 0.15) is 35.0 Å². The molecular weight excluding hydrogens is 280 g/mol. The number of alkyl halides is 5. The first-order valence-corrected chi connectivity index (χ1v) is 4.91. The Labute approximate surface area is 103 Å². The summed E-state index contributed by atoms with van der Waals surface area (Å²) in [5.41, 5.74) is -5.06. The van der Waals surface area contributed by atoms with Gasteiger partial charge in [0.15, 0.2) is 5.69 Å². The standard InChI is InChI=1S/C10H7F6NO2/c1-2-19-9(18)7-5(10(14,15)16)6(11)4(3-17-7)8(12)13/h3,8H,2H2,1H3. The van der Waals surface area contributed by atoms with E-state index in [2.05, 4.69) is 9.72 Å². The fourth-order valence-corrected chi connectivity index (χ4v) is 1.27.